The van der Waals surface area contributed by atoms with Crippen molar-refractivity contribution in [2.45, 2.75) is 75.0 Å². The van der Waals surface area contributed by atoms with E-state index in [9.17, 15) is 39.8 Å². The first-order chi connectivity index (χ1) is 21.8. The average Bonchev–Trinajstić information content (AvgIpc) is 3.62. The number of rotatable bonds is 9. The van der Waals surface area contributed by atoms with Crippen molar-refractivity contribution >= 4 is 23.6 Å². The zero-order valence-corrected chi connectivity index (χ0v) is 25.5. The fourth-order valence-electron chi connectivity index (χ4n) is 5.46. The maximum atomic E-state index is 13.3. The van der Waals surface area contributed by atoms with Crippen molar-refractivity contribution in [3.05, 3.63) is 70.0 Å². The van der Waals surface area contributed by atoms with Crippen molar-refractivity contribution in [1.82, 2.24) is 5.32 Å². The van der Waals surface area contributed by atoms with Crippen LogP contribution in [0.1, 0.15) is 19.4 Å². The Balaban J connectivity index is 1.18. The van der Waals surface area contributed by atoms with E-state index in [1.807, 2.05) is 0 Å². The summed E-state index contributed by atoms with van der Waals surface area (Å²) in [5, 5.41) is 65.5. The normalized spacial score (nSPS) is 33.1. The van der Waals surface area contributed by atoms with Gasteiger partial charge in [0.05, 0.1) is 11.1 Å². The molecule has 0 spiro atoms. The van der Waals surface area contributed by atoms with Crippen molar-refractivity contribution < 1.29 is 63.5 Å². The molecular formula is C31H35ClFNO12. The van der Waals surface area contributed by atoms with Gasteiger partial charge in [-0.2, -0.15) is 0 Å². The van der Waals surface area contributed by atoms with Crippen LogP contribution in [0.5, 0.6) is 17.2 Å². The van der Waals surface area contributed by atoms with Gasteiger partial charge in [-0.15, -0.1) is 0 Å². The van der Waals surface area contributed by atoms with Gasteiger partial charge >= 0.3 is 0 Å². The van der Waals surface area contributed by atoms with E-state index in [1.54, 1.807) is 13.0 Å². The summed E-state index contributed by atoms with van der Waals surface area (Å²) in [4.78, 5) is 12.9. The molecule has 250 valence electrons. The van der Waals surface area contributed by atoms with Gasteiger partial charge in [0.15, 0.2) is 11.5 Å². The van der Waals surface area contributed by atoms with E-state index in [2.05, 4.69) is 5.32 Å². The van der Waals surface area contributed by atoms with Crippen molar-refractivity contribution in [2.75, 3.05) is 13.4 Å². The number of hydrogen-bond donors (Lipinski definition) is 7. The van der Waals surface area contributed by atoms with Crippen LogP contribution in [0.25, 0.3) is 6.08 Å². The maximum absolute atomic E-state index is 13.3. The molecule has 1 saturated carbocycles. The SMILES string of the molecule is C/C(=C\c1ccc(O[C@@H]2O[C@H](/C(C)=C/COc3ccc(F)c(Cl)c3)[C@@H](O)[C@@H]2O)c(O)c1)C(=O)N[C@@H]1[C@H](O)[C@@H](O)[C@H]2OCO[C@H]2[C@@H]1O. The summed E-state index contributed by atoms with van der Waals surface area (Å²) in [5.74, 6) is -1.30. The third-order valence-corrected chi connectivity index (χ3v) is 8.37. The number of carbonyl (C=O) groups excluding carboxylic acids is 1. The van der Waals surface area contributed by atoms with Crippen molar-refractivity contribution in [3.63, 3.8) is 0 Å². The number of ether oxygens (including phenoxy) is 5. The Morgan fingerprint density at radius 3 is 2.41 bits per heavy atom. The van der Waals surface area contributed by atoms with Crippen molar-refractivity contribution in [1.29, 1.82) is 0 Å². The van der Waals surface area contributed by atoms with Crippen LogP contribution in [0, 0.1) is 5.82 Å². The highest BCUT2D eigenvalue weighted by molar-refractivity contribution is 6.30. The molecule has 3 fully saturated rings. The van der Waals surface area contributed by atoms with E-state index in [-0.39, 0.29) is 35.5 Å². The summed E-state index contributed by atoms with van der Waals surface area (Å²) in [7, 11) is 0. The van der Waals surface area contributed by atoms with E-state index >= 15 is 0 Å². The lowest BCUT2D eigenvalue weighted by atomic mass is 9.83. The smallest absolute Gasteiger partial charge is 0.247 e. The minimum atomic E-state index is -1.50. The number of aliphatic hydroxyl groups excluding tert-OH is 5. The second kappa shape index (κ2) is 14.2. The number of halogens is 2. The van der Waals surface area contributed by atoms with Crippen LogP contribution in [0.15, 0.2) is 53.6 Å². The quantitative estimate of drug-likeness (QED) is 0.147. The Bertz CT molecular complexity index is 1490. The molecule has 0 bridgehead atoms. The lowest BCUT2D eigenvalue weighted by Crippen LogP contribution is -2.67. The standard InChI is InChI=1S/C31H35ClFNO12/c1-13(7-8-42-16-4-5-18(33)17(32)11-16)27-25(39)26(40)31(46-27)45-20-6-3-15(10-19(20)35)9-14(2)30(41)34-21-22(36)24(38)29-28(23(21)37)43-12-44-29/h3-7,9-11,21-29,31,35-40H,8,12H2,1-2H3,(H,34,41)/b13-7+,14-9+/t21-,22+,23-,24-,25+,26+,27-,28+,29-,31-/m1/s1. The number of amides is 1. The summed E-state index contributed by atoms with van der Waals surface area (Å²) in [5.41, 5.74) is 1.07. The minimum Gasteiger partial charge on any atom is -0.504 e. The average molecular weight is 668 g/mol. The number of phenols is 1. The molecule has 5 rings (SSSR count). The van der Waals surface area contributed by atoms with E-state index in [4.69, 9.17) is 35.3 Å². The molecular weight excluding hydrogens is 633 g/mol. The summed E-state index contributed by atoms with van der Waals surface area (Å²) >= 11 is 5.76. The van der Waals surface area contributed by atoms with Gasteiger partial charge in [0.2, 0.25) is 12.2 Å². The molecule has 2 aromatic rings. The zero-order valence-electron chi connectivity index (χ0n) is 24.7. The molecule has 1 amide bonds. The fourth-order valence-corrected chi connectivity index (χ4v) is 5.63. The van der Waals surface area contributed by atoms with Crippen LogP contribution < -0.4 is 14.8 Å². The fraction of sp³-hybridized carbons (Fsp3) is 0.452. The Morgan fingerprint density at radius 1 is 1.00 bits per heavy atom. The van der Waals surface area contributed by atoms with Gasteiger partial charge in [-0.05, 0) is 61.4 Å². The Kier molecular flexibility index (Phi) is 10.5. The summed E-state index contributed by atoms with van der Waals surface area (Å²) < 4.78 is 40.7. The first kappa shape index (κ1) is 34.0. The van der Waals surface area contributed by atoms with Crippen LogP contribution >= 0.6 is 11.6 Å². The molecule has 1 aliphatic carbocycles. The molecule has 15 heteroatoms. The Labute approximate surface area is 268 Å². The lowest BCUT2D eigenvalue weighted by molar-refractivity contribution is -0.155. The molecule has 2 aromatic carbocycles. The van der Waals surface area contributed by atoms with Crippen molar-refractivity contribution in [3.8, 4) is 17.2 Å². The molecule has 3 aliphatic rings. The molecule has 0 unspecified atom stereocenters. The first-order valence-corrected chi connectivity index (χ1v) is 14.8. The summed E-state index contributed by atoms with van der Waals surface area (Å²) in [6.07, 6.45) is -8.10. The van der Waals surface area contributed by atoms with Gasteiger partial charge < -0.3 is 59.6 Å². The number of aliphatic hydroxyl groups is 5. The molecule has 13 nitrogen and oxygen atoms in total. The van der Waals surface area contributed by atoms with Gasteiger partial charge in [0.25, 0.3) is 0 Å². The summed E-state index contributed by atoms with van der Waals surface area (Å²) in [6, 6.07) is 6.89. The van der Waals surface area contributed by atoms with Crippen LogP contribution in [-0.4, -0.2) is 111 Å². The predicted octanol–water partition coefficient (Wildman–Crippen LogP) is 0.761. The Hall–Kier alpha value is -3.31. The monoisotopic (exact) mass is 667 g/mol. The van der Waals surface area contributed by atoms with E-state index in [0.29, 0.717) is 16.9 Å². The highest BCUT2D eigenvalue weighted by Crippen LogP contribution is 2.34. The third kappa shape index (κ3) is 7.15. The number of phenolic OH excluding ortho intramolecular Hbond substituents is 1. The molecule has 2 aliphatic heterocycles. The molecule has 7 N–H and O–H groups in total. The van der Waals surface area contributed by atoms with Crippen LogP contribution in [-0.2, 0) is 19.0 Å². The second-order valence-corrected chi connectivity index (χ2v) is 11.7. The van der Waals surface area contributed by atoms with Crippen LogP contribution in [0.4, 0.5) is 4.39 Å². The first-order valence-electron chi connectivity index (χ1n) is 14.4. The van der Waals surface area contributed by atoms with Gasteiger partial charge in [0.1, 0.15) is 73.8 Å². The highest BCUT2D eigenvalue weighted by atomic mass is 35.5. The number of hydrogen-bond acceptors (Lipinski definition) is 12. The van der Waals surface area contributed by atoms with E-state index in [1.165, 1.54) is 49.4 Å². The number of fused-ring (bicyclic) bond motifs is 1. The van der Waals surface area contributed by atoms with Gasteiger partial charge in [-0.3, -0.25) is 4.79 Å². The minimum absolute atomic E-state index is 0.0450. The number of carbonyl (C=O) groups is 1. The maximum Gasteiger partial charge on any atom is 0.247 e. The third-order valence-electron chi connectivity index (χ3n) is 8.08. The molecule has 0 radical (unpaired) electrons. The van der Waals surface area contributed by atoms with Crippen LogP contribution in [0.2, 0.25) is 5.02 Å². The van der Waals surface area contributed by atoms with E-state index < -0.39 is 72.9 Å². The Morgan fingerprint density at radius 2 is 1.72 bits per heavy atom. The van der Waals surface area contributed by atoms with Gasteiger partial charge in [-0.1, -0.05) is 17.7 Å². The predicted molar refractivity (Wildman–Crippen MR) is 158 cm³/mol. The molecule has 0 aromatic heterocycles. The lowest BCUT2D eigenvalue weighted by Gasteiger charge is -2.41. The van der Waals surface area contributed by atoms with Gasteiger partial charge in [0, 0.05) is 11.6 Å². The number of aromatic hydroxyl groups is 1. The zero-order chi connectivity index (χ0) is 33.3. The van der Waals surface area contributed by atoms with Crippen molar-refractivity contribution in [2.24, 2.45) is 0 Å². The largest absolute Gasteiger partial charge is 0.504 e. The van der Waals surface area contributed by atoms with Gasteiger partial charge in [-0.25, -0.2) is 4.39 Å². The molecule has 10 atom stereocenters. The molecule has 2 saturated heterocycles. The number of benzene rings is 2. The summed E-state index contributed by atoms with van der Waals surface area (Å²) in [6.45, 7) is 3.02. The molecule has 2 heterocycles. The number of nitrogens with one attached hydrogen (secondary N) is 1. The molecule has 46 heavy (non-hydrogen) atoms. The van der Waals surface area contributed by atoms with E-state index in [0.717, 1.165) is 0 Å². The van der Waals surface area contributed by atoms with Crippen LogP contribution in [0.3, 0.4) is 0 Å². The topological polar surface area (TPSA) is 197 Å². The second-order valence-electron chi connectivity index (χ2n) is 11.3. The highest BCUT2D eigenvalue weighted by Gasteiger charge is 2.53.